The van der Waals surface area contributed by atoms with Crippen molar-refractivity contribution >= 4 is 0 Å². The molecule has 0 atom stereocenters. The van der Waals surface area contributed by atoms with Gasteiger partial charge in [-0.15, -0.1) is 0 Å². The van der Waals surface area contributed by atoms with Crippen molar-refractivity contribution < 1.29 is 4.39 Å². The van der Waals surface area contributed by atoms with E-state index in [1.807, 2.05) is 0 Å². The second-order valence-electron chi connectivity index (χ2n) is 1.02. The normalized spacial score (nSPS) is 8.71. The molecule has 0 saturated heterocycles. The Kier molecular flexibility index (Phi) is 1.02. The Bertz CT molecular complexity index is 138. The molecule has 1 aromatic heterocycles. The topological polar surface area (TPSA) is 12.9 Å². The fraction of sp³-hybridized carbons (Fsp3) is 0. The molecular formula is C5H2FN. The SMILES string of the molecule is Fc1[c]c[c]nc1. The van der Waals surface area contributed by atoms with Gasteiger partial charge in [-0.05, 0) is 6.07 Å². The van der Waals surface area contributed by atoms with Gasteiger partial charge in [0.2, 0.25) is 0 Å². The molecule has 7 heavy (non-hydrogen) atoms. The molecule has 0 aliphatic rings. The van der Waals surface area contributed by atoms with Crippen LogP contribution in [0.25, 0.3) is 0 Å². The van der Waals surface area contributed by atoms with E-state index in [-0.39, 0.29) is 0 Å². The van der Waals surface area contributed by atoms with Gasteiger partial charge in [0.25, 0.3) is 0 Å². The molecule has 0 amide bonds. The molecule has 0 aliphatic carbocycles. The minimum Gasteiger partial charge on any atom is -0.252 e. The first-order valence-corrected chi connectivity index (χ1v) is 1.79. The second kappa shape index (κ2) is 1.69. The zero-order valence-electron chi connectivity index (χ0n) is 3.48. The van der Waals surface area contributed by atoms with Crippen LogP contribution in [0.2, 0.25) is 0 Å². The minimum absolute atomic E-state index is 0.446. The van der Waals surface area contributed by atoms with Crippen molar-refractivity contribution in [1.29, 1.82) is 0 Å². The molecular weight excluding hydrogens is 93.1 g/mol. The third kappa shape index (κ3) is 0.961. The van der Waals surface area contributed by atoms with Crippen molar-refractivity contribution in [2.45, 2.75) is 0 Å². The predicted molar refractivity (Wildman–Crippen MR) is 21.9 cm³/mol. The highest BCUT2D eigenvalue weighted by atomic mass is 19.1. The van der Waals surface area contributed by atoms with Crippen LogP contribution < -0.4 is 0 Å². The molecule has 0 unspecified atom stereocenters. The van der Waals surface area contributed by atoms with Gasteiger partial charge in [0, 0.05) is 6.07 Å². The lowest BCUT2D eigenvalue weighted by atomic mass is 10.5. The third-order valence-corrected chi connectivity index (χ3v) is 0.527. The largest absolute Gasteiger partial charge is 0.252 e. The van der Waals surface area contributed by atoms with Gasteiger partial charge in [0.05, 0.1) is 12.4 Å². The van der Waals surface area contributed by atoms with E-state index in [1.165, 1.54) is 6.07 Å². The first-order chi connectivity index (χ1) is 3.39. The summed E-state index contributed by atoms with van der Waals surface area (Å²) in [5, 5.41) is 0. The summed E-state index contributed by atoms with van der Waals surface area (Å²) in [5.41, 5.74) is 0. The van der Waals surface area contributed by atoms with Crippen molar-refractivity contribution in [1.82, 2.24) is 4.98 Å². The Morgan fingerprint density at radius 3 is 2.86 bits per heavy atom. The Morgan fingerprint density at radius 1 is 1.71 bits per heavy atom. The van der Waals surface area contributed by atoms with Gasteiger partial charge in [0.1, 0.15) is 5.82 Å². The lowest BCUT2D eigenvalue weighted by molar-refractivity contribution is 0.619. The highest BCUT2D eigenvalue weighted by Crippen LogP contribution is 1.86. The fourth-order valence-corrected chi connectivity index (χ4v) is 0.270. The summed E-state index contributed by atoms with van der Waals surface area (Å²) in [6.45, 7) is 0. The van der Waals surface area contributed by atoms with Crippen LogP contribution in [0, 0.1) is 18.1 Å². The van der Waals surface area contributed by atoms with Gasteiger partial charge >= 0.3 is 0 Å². The molecule has 1 heterocycles. The smallest absolute Gasteiger partial charge is 0.149 e. The number of aromatic nitrogens is 1. The molecule has 2 radical (unpaired) electrons. The van der Waals surface area contributed by atoms with Crippen LogP contribution in [0.4, 0.5) is 4.39 Å². The van der Waals surface area contributed by atoms with Crippen molar-refractivity contribution in [3.8, 4) is 0 Å². The molecule has 0 fully saturated rings. The second-order valence-corrected chi connectivity index (χ2v) is 1.02. The first kappa shape index (κ1) is 4.24. The number of nitrogens with zero attached hydrogens (tertiary/aromatic N) is 1. The maximum Gasteiger partial charge on any atom is 0.149 e. The van der Waals surface area contributed by atoms with Crippen LogP contribution in [0.3, 0.4) is 0 Å². The lowest BCUT2D eigenvalue weighted by Crippen LogP contribution is -1.72. The lowest BCUT2D eigenvalue weighted by Gasteiger charge is -1.76. The van der Waals surface area contributed by atoms with Crippen molar-refractivity contribution in [3.05, 3.63) is 30.3 Å². The van der Waals surface area contributed by atoms with E-state index in [2.05, 4.69) is 17.2 Å². The van der Waals surface area contributed by atoms with Crippen molar-refractivity contribution in [3.63, 3.8) is 0 Å². The summed E-state index contributed by atoms with van der Waals surface area (Å²) < 4.78 is 11.8. The van der Waals surface area contributed by atoms with Crippen LogP contribution in [-0.4, -0.2) is 4.98 Å². The van der Waals surface area contributed by atoms with E-state index in [0.29, 0.717) is 0 Å². The molecule has 0 N–H and O–H groups in total. The Morgan fingerprint density at radius 2 is 2.57 bits per heavy atom. The van der Waals surface area contributed by atoms with Crippen LogP contribution >= 0.6 is 0 Å². The van der Waals surface area contributed by atoms with Gasteiger partial charge in [-0.1, -0.05) is 0 Å². The number of hydrogen-bond donors (Lipinski definition) is 0. The Balaban J connectivity index is 3.02. The van der Waals surface area contributed by atoms with Gasteiger partial charge in [-0.3, -0.25) is 4.98 Å². The average Bonchev–Trinajstić information content (AvgIpc) is 1.69. The molecule has 1 nitrogen and oxygen atoms in total. The number of rotatable bonds is 0. The molecule has 0 aromatic carbocycles. The molecule has 0 bridgehead atoms. The Hall–Kier alpha value is -0.920. The van der Waals surface area contributed by atoms with E-state index in [0.717, 1.165) is 6.20 Å². The zero-order valence-corrected chi connectivity index (χ0v) is 3.48. The predicted octanol–water partition coefficient (Wildman–Crippen LogP) is 0.821. The minimum atomic E-state index is -0.446. The summed E-state index contributed by atoms with van der Waals surface area (Å²) in [4.78, 5) is 3.35. The molecule has 0 spiro atoms. The number of pyridine rings is 1. The van der Waals surface area contributed by atoms with Gasteiger partial charge in [-0.25, -0.2) is 4.39 Å². The van der Waals surface area contributed by atoms with Crippen LogP contribution in [0.1, 0.15) is 0 Å². The molecule has 1 aromatic rings. The van der Waals surface area contributed by atoms with E-state index >= 15 is 0 Å². The summed E-state index contributed by atoms with van der Waals surface area (Å²) in [6.07, 6.45) is 3.44. The van der Waals surface area contributed by atoms with Crippen LogP contribution in [-0.2, 0) is 0 Å². The maximum atomic E-state index is 11.8. The van der Waals surface area contributed by atoms with E-state index < -0.39 is 5.82 Å². The highest BCUT2D eigenvalue weighted by molar-refractivity contribution is 4.88. The molecule has 0 aliphatic heterocycles. The van der Waals surface area contributed by atoms with Gasteiger partial charge < -0.3 is 0 Å². The van der Waals surface area contributed by atoms with E-state index in [1.54, 1.807) is 0 Å². The summed E-state index contributed by atoms with van der Waals surface area (Å²) in [7, 11) is 0. The van der Waals surface area contributed by atoms with Gasteiger partial charge in [0.15, 0.2) is 0 Å². The number of halogens is 1. The summed E-state index contributed by atoms with van der Waals surface area (Å²) in [5.74, 6) is -0.446. The first-order valence-electron chi connectivity index (χ1n) is 1.79. The third-order valence-electron chi connectivity index (χ3n) is 0.527. The van der Waals surface area contributed by atoms with E-state index in [4.69, 9.17) is 0 Å². The highest BCUT2D eigenvalue weighted by Gasteiger charge is 1.80. The zero-order chi connectivity index (χ0) is 5.11. The average molecular weight is 95.1 g/mol. The number of hydrogen-bond acceptors (Lipinski definition) is 1. The van der Waals surface area contributed by atoms with Crippen molar-refractivity contribution in [2.75, 3.05) is 0 Å². The standard InChI is InChI=1S/C5H2FN/c6-5-2-1-3-7-4-5/h1,4H. The quantitative estimate of drug-likeness (QED) is 0.465. The van der Waals surface area contributed by atoms with E-state index in [9.17, 15) is 4.39 Å². The molecule has 34 valence electrons. The van der Waals surface area contributed by atoms with Crippen molar-refractivity contribution in [2.24, 2.45) is 0 Å². The van der Waals surface area contributed by atoms with Gasteiger partial charge in [-0.2, -0.15) is 0 Å². The molecule has 0 saturated carbocycles. The van der Waals surface area contributed by atoms with Crippen LogP contribution in [0.15, 0.2) is 12.3 Å². The summed E-state index contributed by atoms with van der Waals surface area (Å²) >= 11 is 0. The monoisotopic (exact) mass is 95.0 g/mol. The Labute approximate surface area is 40.8 Å². The summed E-state index contributed by atoms with van der Waals surface area (Å²) in [6, 6.07) is 3.55. The fourth-order valence-electron chi connectivity index (χ4n) is 0.270. The maximum absolute atomic E-state index is 11.8. The molecule has 1 rings (SSSR count). The molecule has 2 heteroatoms. The van der Waals surface area contributed by atoms with Crippen LogP contribution in [0.5, 0.6) is 0 Å².